The zero-order chi connectivity index (χ0) is 31.5. The Morgan fingerprint density at radius 3 is 1.55 bits per heavy atom. The molecule has 4 aromatic rings. The number of carbonyl (C=O) groups is 2. The maximum absolute atomic E-state index is 11.3. The first-order valence-electron chi connectivity index (χ1n) is 14.3. The number of amides is 1. The lowest BCUT2D eigenvalue weighted by Crippen LogP contribution is -2.24. The highest BCUT2D eigenvalue weighted by Gasteiger charge is 2.10. The second kappa shape index (κ2) is 20.2. The SMILES string of the molecule is C=CC(=O)Cl.C=CC(=O)N[C@H](C)c1cccc2ccccc12.CCN(CC)CC.C[C@@H](N)c1cccc2ccccc12. The van der Waals surface area contributed by atoms with Crippen molar-refractivity contribution in [2.75, 3.05) is 19.6 Å². The van der Waals surface area contributed by atoms with Crippen LogP contribution in [0.3, 0.4) is 0 Å². The summed E-state index contributed by atoms with van der Waals surface area (Å²) in [6, 6.07) is 28.9. The summed E-state index contributed by atoms with van der Waals surface area (Å²) in [5, 5.41) is 7.25. The van der Waals surface area contributed by atoms with E-state index in [4.69, 9.17) is 17.3 Å². The number of carbonyl (C=O) groups excluding carboxylic acids is 2. The van der Waals surface area contributed by atoms with Crippen LogP contribution in [0.5, 0.6) is 0 Å². The number of nitrogens with one attached hydrogen (secondary N) is 1. The third-order valence-corrected chi connectivity index (χ3v) is 6.80. The van der Waals surface area contributed by atoms with Gasteiger partial charge in [0.1, 0.15) is 0 Å². The third kappa shape index (κ3) is 12.4. The van der Waals surface area contributed by atoms with Gasteiger partial charge in [0.15, 0.2) is 0 Å². The molecule has 0 heterocycles. The van der Waals surface area contributed by atoms with Gasteiger partial charge >= 0.3 is 0 Å². The highest BCUT2D eigenvalue weighted by molar-refractivity contribution is 6.66. The van der Waals surface area contributed by atoms with E-state index in [1.165, 1.54) is 52.8 Å². The van der Waals surface area contributed by atoms with Crippen LogP contribution in [-0.4, -0.2) is 35.7 Å². The van der Waals surface area contributed by atoms with Gasteiger partial charge in [-0.2, -0.15) is 0 Å². The maximum Gasteiger partial charge on any atom is 0.244 e. The summed E-state index contributed by atoms with van der Waals surface area (Å²) >= 11 is 4.71. The molecule has 0 radical (unpaired) electrons. The van der Waals surface area contributed by atoms with Crippen LogP contribution in [0.2, 0.25) is 0 Å². The van der Waals surface area contributed by atoms with Gasteiger partial charge in [-0.05, 0) is 89.9 Å². The standard InChI is InChI=1S/C15H15NO.C12H13N.C6H15N.C3H3ClO/c1-3-15(17)16-11(2)13-10-6-8-12-7-4-5-9-14(12)13;1-9(13)11-8-4-6-10-5-2-3-7-12(10)11;1-4-7(5-2)6-3;1-2-3(4)5/h3-11H,1H2,2H3,(H,16,17);2-9H,13H2,1H3;4-6H2,1-3H3;2H,1H2/t11-;9-;;/m11../s1. The topological polar surface area (TPSA) is 75.4 Å². The normalized spacial score (nSPS) is 11.4. The average Bonchev–Trinajstić information content (AvgIpc) is 3.02. The van der Waals surface area contributed by atoms with E-state index in [0.717, 1.165) is 11.6 Å². The second-order valence-corrected chi connectivity index (χ2v) is 9.86. The Morgan fingerprint density at radius 2 is 1.17 bits per heavy atom. The molecule has 3 N–H and O–H groups in total. The molecule has 0 aliphatic heterocycles. The van der Waals surface area contributed by atoms with Crippen molar-refractivity contribution in [3.63, 3.8) is 0 Å². The van der Waals surface area contributed by atoms with Crippen LogP contribution in [-0.2, 0) is 9.59 Å². The van der Waals surface area contributed by atoms with E-state index < -0.39 is 5.24 Å². The zero-order valence-electron chi connectivity index (χ0n) is 25.6. The van der Waals surface area contributed by atoms with Crippen molar-refractivity contribution in [1.82, 2.24) is 10.2 Å². The largest absolute Gasteiger partial charge is 0.346 e. The summed E-state index contributed by atoms with van der Waals surface area (Å²) in [5.41, 5.74) is 8.22. The second-order valence-electron chi connectivity index (χ2n) is 9.49. The molecule has 0 saturated carbocycles. The molecule has 42 heavy (non-hydrogen) atoms. The molecule has 1 amide bonds. The summed E-state index contributed by atoms with van der Waals surface area (Å²) in [4.78, 5) is 23.1. The lowest BCUT2D eigenvalue weighted by molar-refractivity contribution is -0.117. The molecule has 2 atom stereocenters. The Balaban J connectivity index is 0.000000311. The first-order chi connectivity index (χ1) is 20.1. The summed E-state index contributed by atoms with van der Waals surface area (Å²) < 4.78 is 0. The molecule has 0 unspecified atom stereocenters. The van der Waals surface area contributed by atoms with Crippen molar-refractivity contribution in [2.45, 2.75) is 46.7 Å². The van der Waals surface area contributed by atoms with Crippen LogP contribution in [0.1, 0.15) is 57.8 Å². The smallest absolute Gasteiger partial charge is 0.244 e. The van der Waals surface area contributed by atoms with Crippen molar-refractivity contribution in [1.29, 1.82) is 0 Å². The number of nitrogens with two attached hydrogens (primary N) is 1. The van der Waals surface area contributed by atoms with Gasteiger partial charge in [0, 0.05) is 6.04 Å². The van der Waals surface area contributed by atoms with E-state index >= 15 is 0 Å². The van der Waals surface area contributed by atoms with Gasteiger partial charge in [0.2, 0.25) is 11.1 Å². The lowest BCUT2D eigenvalue weighted by Gasteiger charge is -2.15. The van der Waals surface area contributed by atoms with Crippen molar-refractivity contribution < 1.29 is 9.59 Å². The van der Waals surface area contributed by atoms with Crippen LogP contribution >= 0.6 is 11.6 Å². The predicted molar refractivity (Wildman–Crippen MR) is 182 cm³/mol. The molecule has 224 valence electrons. The molecular weight excluding hydrogens is 542 g/mol. The summed E-state index contributed by atoms with van der Waals surface area (Å²) in [7, 11) is 0. The Kier molecular flexibility index (Phi) is 17.4. The molecule has 0 bridgehead atoms. The van der Waals surface area contributed by atoms with Crippen LogP contribution < -0.4 is 11.1 Å². The van der Waals surface area contributed by atoms with Gasteiger partial charge in [0.25, 0.3) is 0 Å². The molecule has 6 heteroatoms. The molecule has 4 rings (SSSR count). The van der Waals surface area contributed by atoms with Crippen molar-refractivity contribution >= 4 is 44.3 Å². The average molecular weight is 588 g/mol. The van der Waals surface area contributed by atoms with E-state index in [9.17, 15) is 9.59 Å². The van der Waals surface area contributed by atoms with Gasteiger partial charge in [-0.3, -0.25) is 9.59 Å². The van der Waals surface area contributed by atoms with E-state index in [2.05, 4.69) is 92.7 Å². The summed E-state index contributed by atoms with van der Waals surface area (Å²) in [6.07, 6.45) is 2.34. The fourth-order valence-electron chi connectivity index (χ4n) is 4.30. The highest BCUT2D eigenvalue weighted by Crippen LogP contribution is 2.24. The number of hydrogen-bond acceptors (Lipinski definition) is 4. The fraction of sp³-hybridized carbons (Fsp3) is 0.278. The first kappa shape index (κ1) is 36.3. The fourth-order valence-corrected chi connectivity index (χ4v) is 4.30. The Labute approximate surface area is 257 Å². The number of nitrogens with zero attached hydrogens (tertiary/aromatic N) is 1. The number of hydrogen-bond donors (Lipinski definition) is 2. The van der Waals surface area contributed by atoms with Crippen molar-refractivity contribution in [3.05, 3.63) is 121 Å². The molecular formula is C36H46ClN3O2. The highest BCUT2D eigenvalue weighted by atomic mass is 35.5. The number of rotatable bonds is 8. The molecule has 0 aromatic heterocycles. The van der Waals surface area contributed by atoms with Crippen LogP contribution in [0.15, 0.2) is 110 Å². The molecule has 0 fully saturated rings. The molecule has 4 aromatic carbocycles. The van der Waals surface area contributed by atoms with Crippen LogP contribution in [0, 0.1) is 0 Å². The van der Waals surface area contributed by atoms with Crippen LogP contribution in [0.25, 0.3) is 21.5 Å². The zero-order valence-corrected chi connectivity index (χ0v) is 26.4. The Morgan fingerprint density at radius 1 is 0.762 bits per heavy atom. The van der Waals surface area contributed by atoms with Crippen molar-refractivity contribution in [2.24, 2.45) is 5.73 Å². The molecule has 5 nitrogen and oxygen atoms in total. The van der Waals surface area contributed by atoms with Gasteiger partial charge in [-0.25, -0.2) is 0 Å². The lowest BCUT2D eigenvalue weighted by atomic mass is 10.00. The number of benzene rings is 4. The molecule has 0 spiro atoms. The Hall–Kier alpha value is -3.77. The minimum Gasteiger partial charge on any atom is -0.346 e. The van der Waals surface area contributed by atoms with Gasteiger partial charge in [-0.1, -0.05) is 119 Å². The summed E-state index contributed by atoms with van der Waals surface area (Å²) in [6.45, 7) is 20.7. The monoisotopic (exact) mass is 587 g/mol. The minimum absolute atomic E-state index is 0.0217. The van der Waals surface area contributed by atoms with E-state index in [-0.39, 0.29) is 18.0 Å². The quantitative estimate of drug-likeness (QED) is 0.160. The molecule has 0 aliphatic rings. The minimum atomic E-state index is -0.509. The van der Waals surface area contributed by atoms with Crippen LogP contribution in [0.4, 0.5) is 0 Å². The third-order valence-electron chi connectivity index (χ3n) is 6.65. The molecule has 0 saturated heterocycles. The van der Waals surface area contributed by atoms with E-state index in [0.29, 0.717) is 0 Å². The van der Waals surface area contributed by atoms with E-state index in [1.54, 1.807) is 0 Å². The number of allylic oxidation sites excluding steroid dienone is 1. The number of fused-ring (bicyclic) bond motifs is 2. The Bertz CT molecular complexity index is 1400. The predicted octanol–water partition coefficient (Wildman–Crippen LogP) is 8.35. The van der Waals surface area contributed by atoms with E-state index in [1.807, 2.05) is 50.2 Å². The van der Waals surface area contributed by atoms with Gasteiger partial charge in [0.05, 0.1) is 6.04 Å². The summed E-state index contributed by atoms with van der Waals surface area (Å²) in [5.74, 6) is -0.148. The van der Waals surface area contributed by atoms with Crippen molar-refractivity contribution in [3.8, 4) is 0 Å². The first-order valence-corrected chi connectivity index (χ1v) is 14.7. The molecule has 0 aliphatic carbocycles. The maximum atomic E-state index is 11.3. The number of halogens is 1. The van der Waals surface area contributed by atoms with Gasteiger partial charge in [-0.15, -0.1) is 0 Å². The van der Waals surface area contributed by atoms with Gasteiger partial charge < -0.3 is 16.0 Å².